The summed E-state index contributed by atoms with van der Waals surface area (Å²) >= 11 is 0. The molecule has 5 aliphatic rings. The van der Waals surface area contributed by atoms with Crippen molar-refractivity contribution in [1.29, 1.82) is 0 Å². The number of fused-ring (bicyclic) bond motifs is 6. The molecule has 4 bridgehead atoms. The van der Waals surface area contributed by atoms with Gasteiger partial charge in [-0.2, -0.15) is 8.42 Å². The molecular formula is C33H35O6S2-. The van der Waals surface area contributed by atoms with E-state index in [4.69, 9.17) is 4.18 Å². The van der Waals surface area contributed by atoms with Crippen LogP contribution in [0.25, 0.3) is 10.8 Å². The van der Waals surface area contributed by atoms with Crippen LogP contribution < -0.4 is 4.18 Å². The minimum absolute atomic E-state index is 0.163. The molecule has 216 valence electrons. The monoisotopic (exact) mass is 591 g/mol. The fourth-order valence-electron chi connectivity index (χ4n) is 9.70. The topological polar surface area (TPSA) is 101 Å². The summed E-state index contributed by atoms with van der Waals surface area (Å²) in [6, 6.07) is 13.0. The number of benzene rings is 3. The third-order valence-electron chi connectivity index (χ3n) is 11.4. The van der Waals surface area contributed by atoms with Gasteiger partial charge in [0.25, 0.3) is 0 Å². The summed E-state index contributed by atoms with van der Waals surface area (Å²) in [5.74, 6) is 2.14. The molecule has 0 amide bonds. The van der Waals surface area contributed by atoms with E-state index < -0.39 is 20.2 Å². The van der Waals surface area contributed by atoms with Crippen molar-refractivity contribution < 1.29 is 25.6 Å². The summed E-state index contributed by atoms with van der Waals surface area (Å²) in [7, 11) is -8.95. The summed E-state index contributed by atoms with van der Waals surface area (Å²) in [5.41, 5.74) is 2.66. The Hall–Kier alpha value is -2.42. The molecule has 3 aromatic rings. The molecule has 3 atom stereocenters. The Kier molecular flexibility index (Phi) is 5.78. The highest BCUT2D eigenvalue weighted by atomic mass is 32.2. The van der Waals surface area contributed by atoms with E-state index in [2.05, 4.69) is 18.2 Å². The highest BCUT2D eigenvalue weighted by Crippen LogP contribution is 2.61. The van der Waals surface area contributed by atoms with Crippen molar-refractivity contribution in [1.82, 2.24) is 0 Å². The van der Waals surface area contributed by atoms with Crippen molar-refractivity contribution in [3.63, 3.8) is 0 Å². The first-order chi connectivity index (χ1) is 19.6. The number of hydrogen-bond donors (Lipinski definition) is 0. The van der Waals surface area contributed by atoms with Gasteiger partial charge in [0.05, 0.1) is 4.90 Å². The molecule has 0 saturated heterocycles. The van der Waals surface area contributed by atoms with Gasteiger partial charge in [0.15, 0.2) is 0 Å². The zero-order chi connectivity index (χ0) is 28.1. The van der Waals surface area contributed by atoms with E-state index in [1.54, 1.807) is 0 Å². The van der Waals surface area contributed by atoms with Crippen LogP contribution in [0.4, 0.5) is 0 Å². The molecule has 0 spiro atoms. The second kappa shape index (κ2) is 9.04. The normalized spacial score (nSPS) is 30.4. The Bertz CT molecular complexity index is 1800. The molecule has 8 rings (SSSR count). The number of hydrogen-bond acceptors (Lipinski definition) is 6. The molecule has 41 heavy (non-hydrogen) atoms. The van der Waals surface area contributed by atoms with Crippen LogP contribution in [-0.4, -0.2) is 21.4 Å². The van der Waals surface area contributed by atoms with Gasteiger partial charge >= 0.3 is 10.1 Å². The Morgan fingerprint density at radius 3 is 2.32 bits per heavy atom. The quantitative estimate of drug-likeness (QED) is 0.233. The van der Waals surface area contributed by atoms with Crippen LogP contribution in [0.15, 0.2) is 52.3 Å². The van der Waals surface area contributed by atoms with Gasteiger partial charge in [0.2, 0.25) is 0 Å². The molecule has 0 heterocycles. The van der Waals surface area contributed by atoms with Gasteiger partial charge in [0.1, 0.15) is 20.8 Å². The molecule has 4 fully saturated rings. The molecule has 8 heteroatoms. The largest absolute Gasteiger partial charge is 0.744 e. The Labute approximate surface area is 242 Å². The van der Waals surface area contributed by atoms with E-state index in [0.29, 0.717) is 53.0 Å². The SMILES string of the molecule is O=S(=O)([O-])c1ccc(OS(=O)(=O)c2c(C3CC4CCC3C4)cc3ccccc3c2C23CCC(CC2)C3)c2c1CCC2. The van der Waals surface area contributed by atoms with Gasteiger partial charge in [-0.25, -0.2) is 8.42 Å². The highest BCUT2D eigenvalue weighted by molar-refractivity contribution is 7.87. The predicted molar refractivity (Wildman–Crippen MR) is 155 cm³/mol. The van der Waals surface area contributed by atoms with Gasteiger partial charge in [-0.05, 0) is 145 Å². The lowest BCUT2D eigenvalue weighted by molar-refractivity contribution is 0.396. The van der Waals surface area contributed by atoms with Crippen molar-refractivity contribution in [3.05, 3.63) is 64.7 Å². The fraction of sp³-hybridized carbons (Fsp3) is 0.515. The Balaban J connectivity index is 1.35. The van der Waals surface area contributed by atoms with Gasteiger partial charge in [-0.15, -0.1) is 0 Å². The van der Waals surface area contributed by atoms with Crippen LogP contribution >= 0.6 is 0 Å². The van der Waals surface area contributed by atoms with Crippen LogP contribution in [0.1, 0.15) is 92.4 Å². The molecule has 0 N–H and O–H groups in total. The average Bonchev–Trinajstić information content (AvgIpc) is 3.78. The molecule has 6 nitrogen and oxygen atoms in total. The lowest BCUT2D eigenvalue weighted by Gasteiger charge is -2.34. The zero-order valence-corrected chi connectivity index (χ0v) is 24.7. The summed E-state index contributed by atoms with van der Waals surface area (Å²) in [6.07, 6.45) is 11.4. The maximum Gasteiger partial charge on any atom is 0.339 e. The first-order valence-electron chi connectivity index (χ1n) is 15.2. The summed E-state index contributed by atoms with van der Waals surface area (Å²) < 4.78 is 71.4. The first kappa shape index (κ1) is 26.2. The van der Waals surface area contributed by atoms with E-state index in [1.807, 2.05) is 12.1 Å². The zero-order valence-electron chi connectivity index (χ0n) is 23.1. The van der Waals surface area contributed by atoms with Gasteiger partial charge < -0.3 is 8.74 Å². The summed E-state index contributed by atoms with van der Waals surface area (Å²) in [5, 5.41) is 2.12. The van der Waals surface area contributed by atoms with Gasteiger partial charge in [-0.1, -0.05) is 30.7 Å². The van der Waals surface area contributed by atoms with Crippen LogP contribution in [0.2, 0.25) is 0 Å². The maximum atomic E-state index is 14.8. The standard InChI is InChI=1S/C33H36O6S2/c34-40(35,36)30-11-10-29(25-6-3-7-26(25)30)39-41(37,38)32-28(27-17-21-8-9-23(27)16-21)18-22-4-1-2-5-24(22)31(32)33-14-12-20(19-33)13-15-33/h1-2,4-5,10-11,18,20-21,23,27H,3,6-9,12-17,19H2,(H,34,35,36)/p-1. The van der Waals surface area contributed by atoms with E-state index in [0.717, 1.165) is 66.8 Å². The molecule has 3 aromatic carbocycles. The molecule has 0 aliphatic heterocycles. The van der Waals surface area contributed by atoms with Gasteiger partial charge in [-0.3, -0.25) is 0 Å². The molecule has 4 saturated carbocycles. The van der Waals surface area contributed by atoms with Gasteiger partial charge in [0, 0.05) is 5.56 Å². The predicted octanol–water partition coefficient (Wildman–Crippen LogP) is 6.74. The number of rotatable bonds is 6. The van der Waals surface area contributed by atoms with Crippen LogP contribution in [-0.2, 0) is 38.5 Å². The lowest BCUT2D eigenvalue weighted by Crippen LogP contribution is -2.27. The first-order valence-corrected chi connectivity index (χ1v) is 18.1. The second-order valence-electron chi connectivity index (χ2n) is 13.5. The maximum absolute atomic E-state index is 14.8. The van der Waals surface area contributed by atoms with Crippen molar-refractivity contribution in [3.8, 4) is 5.75 Å². The van der Waals surface area contributed by atoms with Crippen molar-refractivity contribution in [2.75, 3.05) is 0 Å². The minimum atomic E-state index is -4.67. The smallest absolute Gasteiger partial charge is 0.339 e. The Morgan fingerprint density at radius 2 is 1.63 bits per heavy atom. The lowest BCUT2D eigenvalue weighted by atomic mass is 9.73. The van der Waals surface area contributed by atoms with Crippen LogP contribution in [0, 0.1) is 17.8 Å². The van der Waals surface area contributed by atoms with Crippen molar-refractivity contribution >= 4 is 31.0 Å². The molecule has 3 unspecified atom stereocenters. The highest BCUT2D eigenvalue weighted by Gasteiger charge is 2.51. The molecule has 0 radical (unpaired) electrons. The third kappa shape index (κ3) is 4.04. The average molecular weight is 592 g/mol. The Morgan fingerprint density at radius 1 is 0.854 bits per heavy atom. The van der Waals surface area contributed by atoms with Crippen molar-refractivity contribution in [2.45, 2.75) is 98.2 Å². The van der Waals surface area contributed by atoms with E-state index in [9.17, 15) is 21.4 Å². The molecule has 5 aliphatic carbocycles. The molecule has 0 aromatic heterocycles. The van der Waals surface area contributed by atoms with Crippen LogP contribution in [0.3, 0.4) is 0 Å². The third-order valence-corrected chi connectivity index (χ3v) is 13.6. The van der Waals surface area contributed by atoms with Crippen molar-refractivity contribution in [2.24, 2.45) is 17.8 Å². The fourth-order valence-corrected chi connectivity index (χ4v) is 12.0. The minimum Gasteiger partial charge on any atom is -0.744 e. The molecular weight excluding hydrogens is 556 g/mol. The van der Waals surface area contributed by atoms with Crippen LogP contribution in [0.5, 0.6) is 5.75 Å². The summed E-state index contributed by atoms with van der Waals surface area (Å²) in [6.45, 7) is 0. The van der Waals surface area contributed by atoms with E-state index >= 15 is 0 Å². The van der Waals surface area contributed by atoms with E-state index in [1.165, 1.54) is 25.0 Å². The second-order valence-corrected chi connectivity index (χ2v) is 16.3. The van der Waals surface area contributed by atoms with E-state index in [-0.39, 0.29) is 22.0 Å². The summed E-state index contributed by atoms with van der Waals surface area (Å²) in [4.78, 5) is 0.120.